The van der Waals surface area contributed by atoms with Gasteiger partial charge < -0.3 is 0 Å². The van der Waals surface area contributed by atoms with Crippen LogP contribution in [0.3, 0.4) is 0 Å². The van der Waals surface area contributed by atoms with E-state index < -0.39 is 6.42 Å². The first-order chi connectivity index (χ1) is 8.87. The van der Waals surface area contributed by atoms with Gasteiger partial charge in [-0.3, -0.25) is 0 Å². The van der Waals surface area contributed by atoms with E-state index in [1.54, 1.807) is 0 Å². The number of halogens is 3. The van der Waals surface area contributed by atoms with Crippen LogP contribution in [0.2, 0.25) is 0 Å². The maximum atomic E-state index is 5.93. The van der Waals surface area contributed by atoms with Crippen molar-refractivity contribution in [3.63, 3.8) is 0 Å². The van der Waals surface area contributed by atoms with E-state index in [1.165, 1.54) is 5.56 Å². The molecule has 6 heteroatoms. The molecule has 1 aromatic rings. The SMILES string of the molecule is CC(C)(C)c1ccc(O[PH](Cl)(Cl)OCl)c(C(C)(C)C)c1. The van der Waals surface area contributed by atoms with Gasteiger partial charge in [0, 0.05) is 0 Å². The summed E-state index contributed by atoms with van der Waals surface area (Å²) in [5, 5.41) is 0. The molecular weight excluding hydrogens is 337 g/mol. The summed E-state index contributed by atoms with van der Waals surface area (Å²) in [6.45, 7) is 12.8. The molecule has 0 unspecified atom stereocenters. The summed E-state index contributed by atoms with van der Waals surface area (Å²) in [5.41, 5.74) is 2.19. The Morgan fingerprint density at radius 3 is 1.90 bits per heavy atom. The van der Waals surface area contributed by atoms with Crippen LogP contribution >= 0.6 is 40.8 Å². The molecule has 0 aliphatic carbocycles. The van der Waals surface area contributed by atoms with Gasteiger partial charge in [-0.25, -0.2) is 0 Å². The molecule has 2 nitrogen and oxygen atoms in total. The second-order valence-electron chi connectivity index (χ2n) is 6.85. The van der Waals surface area contributed by atoms with Gasteiger partial charge in [0.2, 0.25) is 0 Å². The van der Waals surface area contributed by atoms with Gasteiger partial charge in [0.1, 0.15) is 0 Å². The van der Waals surface area contributed by atoms with Crippen molar-refractivity contribution in [1.82, 2.24) is 0 Å². The summed E-state index contributed by atoms with van der Waals surface area (Å²) >= 11 is 17.2. The third-order valence-electron chi connectivity index (χ3n) is 2.97. The minimum atomic E-state index is -3.38. The van der Waals surface area contributed by atoms with Crippen LogP contribution in [0.1, 0.15) is 52.7 Å². The van der Waals surface area contributed by atoms with E-state index in [2.05, 4.69) is 51.7 Å². The average Bonchev–Trinajstić information content (AvgIpc) is 2.26. The van der Waals surface area contributed by atoms with Crippen molar-refractivity contribution in [2.24, 2.45) is 0 Å². The molecule has 0 atom stereocenters. The molecule has 20 heavy (non-hydrogen) atoms. The van der Waals surface area contributed by atoms with E-state index in [4.69, 9.17) is 38.9 Å². The Bertz CT molecular complexity index is 476. The summed E-state index contributed by atoms with van der Waals surface area (Å²) in [6.07, 6.45) is -3.38. The monoisotopic (exact) mass is 358 g/mol. The Morgan fingerprint density at radius 2 is 1.50 bits per heavy atom. The zero-order valence-corrected chi connectivity index (χ0v) is 16.0. The van der Waals surface area contributed by atoms with Crippen molar-refractivity contribution in [3.8, 4) is 5.75 Å². The molecule has 0 saturated heterocycles. The van der Waals surface area contributed by atoms with Gasteiger partial charge in [0.15, 0.2) is 0 Å². The van der Waals surface area contributed by atoms with E-state index in [1.807, 2.05) is 12.1 Å². The summed E-state index contributed by atoms with van der Waals surface area (Å²) in [4.78, 5) is 0. The second kappa shape index (κ2) is 6.18. The Balaban J connectivity index is 3.32. The van der Waals surface area contributed by atoms with Crippen molar-refractivity contribution in [3.05, 3.63) is 29.3 Å². The number of benzene rings is 1. The van der Waals surface area contributed by atoms with Crippen LogP contribution in [0.4, 0.5) is 0 Å². The molecule has 0 aliphatic heterocycles. The van der Waals surface area contributed by atoms with Crippen molar-refractivity contribution < 1.29 is 8.60 Å². The Kier molecular flexibility index (Phi) is 5.67. The van der Waals surface area contributed by atoms with E-state index in [0.717, 1.165) is 5.56 Å². The van der Waals surface area contributed by atoms with E-state index in [-0.39, 0.29) is 10.8 Å². The summed E-state index contributed by atoms with van der Waals surface area (Å²) in [6, 6.07) is 6.02. The predicted molar refractivity (Wildman–Crippen MR) is 91.4 cm³/mol. The maximum absolute atomic E-state index is 5.93. The molecule has 0 fully saturated rings. The van der Waals surface area contributed by atoms with Gasteiger partial charge >= 0.3 is 137 Å². The van der Waals surface area contributed by atoms with Crippen LogP contribution in [0.25, 0.3) is 0 Å². The fourth-order valence-corrected chi connectivity index (χ4v) is 2.87. The van der Waals surface area contributed by atoms with Gasteiger partial charge in [-0.15, -0.1) is 0 Å². The molecule has 0 amide bonds. The standard InChI is InChI=1S/C14H22Cl3O2P/c1-13(2,3)10-7-8-12(18-20(16,17)19-15)11(9-10)14(4,5)6/h7-9,20H,1-6H3. The number of rotatable bonds is 3. The number of hydrogen-bond acceptors (Lipinski definition) is 2. The molecular formula is C14H22Cl3O2P. The first-order valence-corrected chi connectivity index (χ1v) is 10.5. The molecule has 0 aromatic heterocycles. The van der Waals surface area contributed by atoms with Crippen molar-refractivity contribution in [2.45, 2.75) is 52.4 Å². The van der Waals surface area contributed by atoms with E-state index >= 15 is 0 Å². The van der Waals surface area contributed by atoms with Gasteiger partial charge in [-0.1, -0.05) is 0 Å². The molecule has 0 aliphatic rings. The minimum absolute atomic E-state index is 0.0535. The summed E-state index contributed by atoms with van der Waals surface area (Å²) in [5.74, 6) is 0.614. The van der Waals surface area contributed by atoms with Crippen molar-refractivity contribution in [2.75, 3.05) is 0 Å². The quantitative estimate of drug-likeness (QED) is 0.558. The van der Waals surface area contributed by atoms with Crippen LogP contribution < -0.4 is 4.52 Å². The third-order valence-corrected chi connectivity index (χ3v) is 5.66. The van der Waals surface area contributed by atoms with Crippen LogP contribution in [-0.4, -0.2) is 0 Å². The fourth-order valence-electron chi connectivity index (χ4n) is 1.82. The van der Waals surface area contributed by atoms with Crippen molar-refractivity contribution in [1.29, 1.82) is 0 Å². The van der Waals surface area contributed by atoms with Gasteiger partial charge in [0.05, 0.1) is 0 Å². The normalized spacial score (nSPS) is 14.2. The fraction of sp³-hybridized carbons (Fsp3) is 0.571. The van der Waals surface area contributed by atoms with Gasteiger partial charge in [0.25, 0.3) is 0 Å². The Morgan fingerprint density at radius 1 is 0.950 bits per heavy atom. The zero-order valence-electron chi connectivity index (χ0n) is 12.7. The molecule has 0 saturated carbocycles. The van der Waals surface area contributed by atoms with Crippen LogP contribution in [0, 0.1) is 0 Å². The molecule has 0 bridgehead atoms. The topological polar surface area (TPSA) is 18.5 Å². The first kappa shape index (κ1) is 18.3. The van der Waals surface area contributed by atoms with Crippen LogP contribution in [0.15, 0.2) is 18.2 Å². The molecule has 1 aromatic carbocycles. The predicted octanol–water partition coefficient (Wildman–Crippen LogP) is 6.72. The third kappa shape index (κ3) is 4.93. The molecule has 0 heterocycles. The second-order valence-corrected chi connectivity index (χ2v) is 12.2. The van der Waals surface area contributed by atoms with Gasteiger partial charge in [-0.2, -0.15) is 0 Å². The summed E-state index contributed by atoms with van der Waals surface area (Å²) < 4.78 is 10.1. The molecule has 116 valence electrons. The molecule has 0 N–H and O–H groups in total. The summed E-state index contributed by atoms with van der Waals surface area (Å²) in [7, 11) is 0. The number of hydrogen-bond donors (Lipinski definition) is 0. The first-order valence-electron chi connectivity index (χ1n) is 6.38. The van der Waals surface area contributed by atoms with Crippen LogP contribution in [0.5, 0.6) is 5.75 Å². The Hall–Kier alpha value is 0.280. The zero-order chi connectivity index (χ0) is 15.8. The molecule has 0 spiro atoms. The van der Waals surface area contributed by atoms with Crippen LogP contribution in [-0.2, 0) is 14.9 Å². The average molecular weight is 360 g/mol. The molecule has 1 rings (SSSR count). The molecule has 0 radical (unpaired) electrons. The van der Waals surface area contributed by atoms with E-state index in [9.17, 15) is 0 Å². The van der Waals surface area contributed by atoms with Gasteiger partial charge in [-0.05, 0) is 0 Å². The Labute approximate surface area is 137 Å². The van der Waals surface area contributed by atoms with E-state index in [0.29, 0.717) is 5.75 Å². The van der Waals surface area contributed by atoms with Crippen molar-refractivity contribution >= 4 is 40.8 Å².